The van der Waals surface area contributed by atoms with Crippen molar-refractivity contribution >= 4 is 21.9 Å². The number of ether oxygens (including phenoxy) is 1. The normalized spacial score (nSPS) is 37.0. The Bertz CT molecular complexity index is 753. The van der Waals surface area contributed by atoms with Gasteiger partial charge in [-0.05, 0) is 84.5 Å². The van der Waals surface area contributed by atoms with E-state index in [-0.39, 0.29) is 5.97 Å². The molecular formula is C23H29BrO2. The van der Waals surface area contributed by atoms with Gasteiger partial charge in [-0.15, -0.1) is 0 Å². The molecule has 5 atom stereocenters. The summed E-state index contributed by atoms with van der Waals surface area (Å²) in [5.74, 6) is 3.41. The number of hydrogen-bond acceptors (Lipinski definition) is 2. The Labute approximate surface area is 165 Å². The van der Waals surface area contributed by atoms with Crippen LogP contribution in [-0.4, -0.2) is 11.3 Å². The van der Waals surface area contributed by atoms with Crippen LogP contribution in [0.2, 0.25) is 0 Å². The highest BCUT2D eigenvalue weighted by Crippen LogP contribution is 2.63. The number of rotatable bonds is 2. The average Bonchev–Trinajstić information content (AvgIpc) is 2.91. The van der Waals surface area contributed by atoms with Crippen LogP contribution < -0.4 is 4.74 Å². The lowest BCUT2D eigenvalue weighted by atomic mass is 9.52. The zero-order valence-electron chi connectivity index (χ0n) is 16.1. The van der Waals surface area contributed by atoms with Crippen molar-refractivity contribution in [2.45, 2.75) is 58.8 Å². The highest BCUT2D eigenvalue weighted by Gasteiger charge is 2.54. The van der Waals surface area contributed by atoms with Gasteiger partial charge in [0.2, 0.25) is 0 Å². The molecule has 3 aliphatic rings. The first-order valence-electron chi connectivity index (χ1n) is 10.0. The third kappa shape index (κ3) is 2.87. The molecule has 2 nitrogen and oxygen atoms in total. The molecule has 3 heteroatoms. The molecule has 2 saturated carbocycles. The van der Waals surface area contributed by atoms with Crippen molar-refractivity contribution in [3.05, 3.63) is 41.0 Å². The Balaban J connectivity index is 1.67. The van der Waals surface area contributed by atoms with Gasteiger partial charge in [-0.3, -0.25) is 4.79 Å². The summed E-state index contributed by atoms with van der Waals surface area (Å²) in [4.78, 5) is 11.3. The number of carbonyl (C=O) groups excluding carboxylic acids is 1. The van der Waals surface area contributed by atoms with E-state index in [0.29, 0.717) is 23.0 Å². The number of fused-ring (bicyclic) bond motifs is 5. The summed E-state index contributed by atoms with van der Waals surface area (Å²) >= 11 is 3.61. The molecule has 3 aliphatic carbocycles. The van der Waals surface area contributed by atoms with Crippen LogP contribution in [0.1, 0.15) is 63.5 Å². The number of hydrogen-bond donors (Lipinski definition) is 0. The van der Waals surface area contributed by atoms with Gasteiger partial charge in [-0.25, -0.2) is 0 Å². The highest BCUT2D eigenvalue weighted by molar-refractivity contribution is 9.09. The smallest absolute Gasteiger partial charge is 0.308 e. The van der Waals surface area contributed by atoms with E-state index < -0.39 is 0 Å². The van der Waals surface area contributed by atoms with Crippen LogP contribution in [-0.2, 0) is 11.2 Å². The van der Waals surface area contributed by atoms with Crippen LogP contribution in [0.4, 0.5) is 0 Å². The molecule has 0 spiro atoms. The minimum Gasteiger partial charge on any atom is -0.427 e. The van der Waals surface area contributed by atoms with Gasteiger partial charge < -0.3 is 4.74 Å². The fraction of sp³-hybridized carbons (Fsp3) is 0.609. The van der Waals surface area contributed by atoms with Gasteiger partial charge in [-0.1, -0.05) is 47.5 Å². The van der Waals surface area contributed by atoms with Gasteiger partial charge in [0.25, 0.3) is 0 Å². The van der Waals surface area contributed by atoms with E-state index in [1.807, 2.05) is 6.07 Å². The fourth-order valence-corrected chi connectivity index (χ4v) is 6.85. The van der Waals surface area contributed by atoms with Crippen molar-refractivity contribution in [3.8, 4) is 5.75 Å². The summed E-state index contributed by atoms with van der Waals surface area (Å²) in [5, 5.41) is 0.982. The lowest BCUT2D eigenvalue weighted by Gasteiger charge is -2.52. The first-order chi connectivity index (χ1) is 12.4. The van der Waals surface area contributed by atoms with E-state index in [1.165, 1.54) is 43.7 Å². The van der Waals surface area contributed by atoms with E-state index in [1.54, 1.807) is 5.57 Å². The van der Waals surface area contributed by atoms with Gasteiger partial charge in [-0.2, -0.15) is 0 Å². The number of allylic oxidation sites excluding steroid dienone is 2. The molecule has 0 aromatic heterocycles. The average molecular weight is 417 g/mol. The number of benzene rings is 1. The van der Waals surface area contributed by atoms with Crippen molar-refractivity contribution in [2.75, 3.05) is 5.33 Å². The van der Waals surface area contributed by atoms with Crippen molar-refractivity contribution < 1.29 is 9.53 Å². The summed E-state index contributed by atoms with van der Waals surface area (Å²) in [7, 11) is 0. The molecule has 2 fully saturated rings. The number of carbonyl (C=O) groups is 1. The monoisotopic (exact) mass is 416 g/mol. The minimum absolute atomic E-state index is 0.239. The van der Waals surface area contributed by atoms with E-state index in [4.69, 9.17) is 4.74 Å². The Morgan fingerprint density at radius 3 is 2.92 bits per heavy atom. The first-order valence-corrected chi connectivity index (χ1v) is 11.1. The summed E-state index contributed by atoms with van der Waals surface area (Å²) in [5.41, 5.74) is 5.01. The maximum absolute atomic E-state index is 11.3. The molecule has 0 saturated heterocycles. The molecule has 0 unspecified atom stereocenters. The second-order valence-corrected chi connectivity index (χ2v) is 9.45. The van der Waals surface area contributed by atoms with Crippen LogP contribution in [0.5, 0.6) is 5.75 Å². The number of esters is 1. The molecule has 0 heterocycles. The lowest BCUT2D eigenvalue weighted by molar-refractivity contribution is -0.131. The zero-order valence-corrected chi connectivity index (χ0v) is 17.6. The summed E-state index contributed by atoms with van der Waals surface area (Å²) < 4.78 is 5.33. The zero-order chi connectivity index (χ0) is 18.5. The second-order valence-electron chi connectivity index (χ2n) is 8.80. The molecule has 0 bridgehead atoms. The quantitative estimate of drug-likeness (QED) is 0.254. The summed E-state index contributed by atoms with van der Waals surface area (Å²) in [6.07, 6.45) is 8.75. The van der Waals surface area contributed by atoms with Crippen molar-refractivity contribution in [1.29, 1.82) is 0 Å². The van der Waals surface area contributed by atoms with Gasteiger partial charge >= 0.3 is 5.97 Å². The molecule has 0 amide bonds. The van der Waals surface area contributed by atoms with Crippen molar-refractivity contribution in [1.82, 2.24) is 0 Å². The van der Waals surface area contributed by atoms with Crippen molar-refractivity contribution in [2.24, 2.45) is 23.2 Å². The molecule has 26 heavy (non-hydrogen) atoms. The Kier molecular flexibility index (Phi) is 4.79. The fourth-order valence-electron chi connectivity index (χ4n) is 6.46. The highest BCUT2D eigenvalue weighted by atomic mass is 79.9. The van der Waals surface area contributed by atoms with Crippen LogP contribution in [0.3, 0.4) is 0 Å². The largest absolute Gasteiger partial charge is 0.427 e. The van der Waals surface area contributed by atoms with E-state index in [0.717, 1.165) is 23.6 Å². The maximum Gasteiger partial charge on any atom is 0.308 e. The second kappa shape index (κ2) is 6.82. The third-order valence-corrected chi connectivity index (χ3v) is 7.80. The van der Waals surface area contributed by atoms with Crippen LogP contribution in [0, 0.1) is 23.2 Å². The van der Waals surface area contributed by atoms with Crippen LogP contribution >= 0.6 is 15.9 Å². The molecule has 0 radical (unpaired) electrons. The molecule has 0 N–H and O–H groups in total. The topological polar surface area (TPSA) is 26.3 Å². The van der Waals surface area contributed by atoms with Crippen molar-refractivity contribution in [3.63, 3.8) is 0 Å². The SMILES string of the molecule is CC(=O)Oc1ccc2c(c1)C[C@@H](C)[C@@H]1[C@@H]2CC[C@]2(C)C(=CCBr)CC[C@@H]12. The molecule has 1 aromatic carbocycles. The Morgan fingerprint density at radius 2 is 2.19 bits per heavy atom. The molecule has 140 valence electrons. The van der Waals surface area contributed by atoms with E-state index in [2.05, 4.69) is 48.0 Å². The number of halogens is 1. The Hall–Kier alpha value is -1.09. The number of alkyl halides is 1. The first kappa shape index (κ1) is 18.3. The molecule has 4 rings (SSSR count). The van der Waals surface area contributed by atoms with E-state index >= 15 is 0 Å². The predicted molar refractivity (Wildman–Crippen MR) is 109 cm³/mol. The van der Waals surface area contributed by atoms with Crippen LogP contribution in [0.15, 0.2) is 29.8 Å². The lowest BCUT2D eigenvalue weighted by Crippen LogP contribution is -2.43. The molecule has 1 aromatic rings. The summed E-state index contributed by atoms with van der Waals surface area (Å²) in [6.45, 7) is 6.44. The molecule has 0 aliphatic heterocycles. The van der Waals surface area contributed by atoms with Gasteiger partial charge in [0, 0.05) is 12.3 Å². The third-order valence-electron chi connectivity index (χ3n) is 7.48. The standard InChI is InChI=1S/C23H29BrO2/c1-14-12-16-13-18(26-15(2)25)5-6-19(16)20-8-10-23(3)17(9-11-24)4-7-21(23)22(14)20/h5-6,9,13-14,20-22H,4,7-8,10-12H2,1-3H3/t14-,20-,21+,22-,23-/m1/s1. The summed E-state index contributed by atoms with van der Waals surface area (Å²) in [6, 6.07) is 6.35. The van der Waals surface area contributed by atoms with E-state index in [9.17, 15) is 4.79 Å². The van der Waals surface area contributed by atoms with Gasteiger partial charge in [0.1, 0.15) is 5.75 Å². The van der Waals surface area contributed by atoms with Gasteiger partial charge in [0.05, 0.1) is 0 Å². The minimum atomic E-state index is -0.239. The Morgan fingerprint density at radius 1 is 1.38 bits per heavy atom. The van der Waals surface area contributed by atoms with Crippen LogP contribution in [0.25, 0.3) is 0 Å². The molecular weight excluding hydrogens is 388 g/mol. The predicted octanol–water partition coefficient (Wildman–Crippen LogP) is 6.04. The maximum atomic E-state index is 11.3. The van der Waals surface area contributed by atoms with Gasteiger partial charge in [0.15, 0.2) is 0 Å².